The zero-order valence-corrected chi connectivity index (χ0v) is 14.3. The van der Waals surface area contributed by atoms with Crippen molar-refractivity contribution in [3.8, 4) is 5.75 Å². The molecule has 1 fully saturated rings. The first-order chi connectivity index (χ1) is 11.1. The van der Waals surface area contributed by atoms with Crippen LogP contribution in [0.15, 0.2) is 24.3 Å². The zero-order valence-electron chi connectivity index (χ0n) is 14.3. The average molecular weight is 320 g/mol. The van der Waals surface area contributed by atoms with Crippen molar-refractivity contribution in [3.05, 3.63) is 29.8 Å². The van der Waals surface area contributed by atoms with Gasteiger partial charge in [-0.05, 0) is 57.0 Å². The first-order valence-corrected chi connectivity index (χ1v) is 8.43. The Balaban J connectivity index is 1.94. The first-order valence-electron chi connectivity index (χ1n) is 8.43. The summed E-state index contributed by atoms with van der Waals surface area (Å²) in [5.41, 5.74) is 0.774. The van der Waals surface area contributed by atoms with Gasteiger partial charge >= 0.3 is 0 Å². The molecule has 0 spiro atoms. The highest BCUT2D eigenvalue weighted by Gasteiger charge is 2.31. The third-order valence-corrected chi connectivity index (χ3v) is 4.48. The molecule has 0 radical (unpaired) electrons. The lowest BCUT2D eigenvalue weighted by atomic mass is 10.0. The maximum absolute atomic E-state index is 12.5. The molecular formula is C18H28N2O3. The lowest BCUT2D eigenvalue weighted by molar-refractivity contribution is -0.126. The standard InChI is InChI=1S/C18H28N2O3/c1-4-11-20-12-5-6-16(20)18(22)19-13(2)17(21)14-7-9-15(23-3)10-8-14/h7-10,13,16-17,21H,4-6,11-12H2,1-3H3,(H,19,22). The number of benzene rings is 1. The maximum Gasteiger partial charge on any atom is 0.237 e. The Morgan fingerprint density at radius 2 is 2.13 bits per heavy atom. The van der Waals surface area contributed by atoms with Crippen molar-refractivity contribution < 1.29 is 14.6 Å². The van der Waals surface area contributed by atoms with E-state index in [1.807, 2.05) is 31.2 Å². The molecule has 1 aromatic carbocycles. The summed E-state index contributed by atoms with van der Waals surface area (Å²) < 4.78 is 5.12. The van der Waals surface area contributed by atoms with Crippen LogP contribution in [-0.4, -0.2) is 48.2 Å². The Bertz CT molecular complexity index is 503. The predicted molar refractivity (Wildman–Crippen MR) is 90.4 cm³/mol. The number of hydrogen-bond donors (Lipinski definition) is 2. The second-order valence-corrected chi connectivity index (χ2v) is 6.21. The van der Waals surface area contributed by atoms with Crippen LogP contribution >= 0.6 is 0 Å². The summed E-state index contributed by atoms with van der Waals surface area (Å²) in [7, 11) is 1.61. The van der Waals surface area contributed by atoms with E-state index in [1.54, 1.807) is 7.11 Å². The Morgan fingerprint density at radius 3 is 2.74 bits per heavy atom. The Labute approximate surface area is 138 Å². The highest BCUT2D eigenvalue weighted by atomic mass is 16.5. The molecule has 0 bridgehead atoms. The number of nitrogens with one attached hydrogen (secondary N) is 1. The molecule has 2 N–H and O–H groups in total. The van der Waals surface area contributed by atoms with E-state index in [9.17, 15) is 9.90 Å². The van der Waals surface area contributed by atoms with Gasteiger partial charge in [0.1, 0.15) is 5.75 Å². The number of methoxy groups -OCH3 is 1. The Hall–Kier alpha value is -1.59. The number of aliphatic hydroxyl groups is 1. The summed E-state index contributed by atoms with van der Waals surface area (Å²) in [6, 6.07) is 6.89. The van der Waals surface area contributed by atoms with Gasteiger partial charge in [0.2, 0.25) is 5.91 Å². The van der Waals surface area contributed by atoms with E-state index < -0.39 is 6.10 Å². The van der Waals surface area contributed by atoms with Crippen LogP contribution in [0.3, 0.4) is 0 Å². The molecule has 128 valence electrons. The molecule has 3 atom stereocenters. The van der Waals surface area contributed by atoms with Crippen LogP contribution in [0.2, 0.25) is 0 Å². The smallest absolute Gasteiger partial charge is 0.237 e. The minimum Gasteiger partial charge on any atom is -0.497 e. The van der Waals surface area contributed by atoms with Crippen LogP contribution in [0.4, 0.5) is 0 Å². The minimum absolute atomic E-state index is 0.0241. The molecule has 0 saturated carbocycles. The van der Waals surface area contributed by atoms with Gasteiger partial charge in [0.15, 0.2) is 0 Å². The fourth-order valence-electron chi connectivity index (χ4n) is 3.17. The number of aliphatic hydroxyl groups excluding tert-OH is 1. The molecule has 1 aliphatic heterocycles. The number of hydrogen-bond acceptors (Lipinski definition) is 4. The summed E-state index contributed by atoms with van der Waals surface area (Å²) in [4.78, 5) is 14.7. The summed E-state index contributed by atoms with van der Waals surface area (Å²) >= 11 is 0. The second kappa shape index (κ2) is 8.31. The average Bonchev–Trinajstić information content (AvgIpc) is 3.03. The van der Waals surface area contributed by atoms with E-state index in [0.29, 0.717) is 0 Å². The number of carbonyl (C=O) groups excluding carboxylic acids is 1. The van der Waals surface area contributed by atoms with Gasteiger partial charge in [-0.25, -0.2) is 0 Å². The number of ether oxygens (including phenoxy) is 1. The third kappa shape index (κ3) is 4.45. The quantitative estimate of drug-likeness (QED) is 0.808. The van der Waals surface area contributed by atoms with E-state index in [-0.39, 0.29) is 18.0 Å². The van der Waals surface area contributed by atoms with E-state index in [4.69, 9.17) is 4.74 Å². The fourth-order valence-corrected chi connectivity index (χ4v) is 3.17. The fraction of sp³-hybridized carbons (Fsp3) is 0.611. The summed E-state index contributed by atoms with van der Waals surface area (Å²) in [5, 5.41) is 13.4. The van der Waals surface area contributed by atoms with Gasteiger partial charge in [0, 0.05) is 0 Å². The van der Waals surface area contributed by atoms with Crippen LogP contribution in [0.1, 0.15) is 44.8 Å². The van der Waals surface area contributed by atoms with Crippen LogP contribution < -0.4 is 10.1 Å². The van der Waals surface area contributed by atoms with Crippen molar-refractivity contribution in [3.63, 3.8) is 0 Å². The topological polar surface area (TPSA) is 61.8 Å². The number of rotatable bonds is 7. The highest BCUT2D eigenvalue weighted by Crippen LogP contribution is 2.22. The summed E-state index contributed by atoms with van der Waals surface area (Å²) in [5.74, 6) is 0.773. The molecule has 5 heteroatoms. The van der Waals surface area contributed by atoms with Crippen molar-refractivity contribution >= 4 is 5.91 Å². The van der Waals surface area contributed by atoms with Crippen LogP contribution in [0.25, 0.3) is 0 Å². The molecule has 1 saturated heterocycles. The van der Waals surface area contributed by atoms with Crippen molar-refractivity contribution in [2.24, 2.45) is 0 Å². The van der Waals surface area contributed by atoms with E-state index >= 15 is 0 Å². The monoisotopic (exact) mass is 320 g/mol. The van der Waals surface area contributed by atoms with Gasteiger partial charge < -0.3 is 15.2 Å². The lowest BCUT2D eigenvalue weighted by Gasteiger charge is -2.27. The van der Waals surface area contributed by atoms with Gasteiger partial charge in [0.25, 0.3) is 0 Å². The Kier molecular flexibility index (Phi) is 6.42. The van der Waals surface area contributed by atoms with Gasteiger partial charge in [0.05, 0.1) is 25.3 Å². The number of carbonyl (C=O) groups is 1. The van der Waals surface area contributed by atoms with Gasteiger partial charge in [-0.15, -0.1) is 0 Å². The molecule has 2 rings (SSSR count). The third-order valence-electron chi connectivity index (χ3n) is 4.48. The lowest BCUT2D eigenvalue weighted by Crippen LogP contribution is -2.47. The van der Waals surface area contributed by atoms with Crippen LogP contribution in [-0.2, 0) is 4.79 Å². The van der Waals surface area contributed by atoms with E-state index in [0.717, 1.165) is 43.7 Å². The SMILES string of the molecule is CCCN1CCCC1C(=O)NC(C)C(O)c1ccc(OC)cc1. The predicted octanol–water partition coefficient (Wildman–Crippen LogP) is 2.11. The molecular weight excluding hydrogens is 292 g/mol. The molecule has 23 heavy (non-hydrogen) atoms. The summed E-state index contributed by atoms with van der Waals surface area (Å²) in [6.07, 6.45) is 2.28. The van der Waals surface area contributed by atoms with Crippen molar-refractivity contribution in [2.75, 3.05) is 20.2 Å². The normalized spacial score (nSPS) is 21.0. The van der Waals surface area contributed by atoms with Crippen LogP contribution in [0.5, 0.6) is 5.75 Å². The molecule has 0 aromatic heterocycles. The minimum atomic E-state index is -0.731. The van der Waals surface area contributed by atoms with E-state index in [1.165, 1.54) is 0 Å². The number of likely N-dealkylation sites (tertiary alicyclic amines) is 1. The number of nitrogens with zero attached hydrogens (tertiary/aromatic N) is 1. The van der Waals surface area contributed by atoms with Gasteiger partial charge in [-0.1, -0.05) is 19.1 Å². The number of amides is 1. The molecule has 1 amide bonds. The van der Waals surface area contributed by atoms with Gasteiger partial charge in [-0.2, -0.15) is 0 Å². The molecule has 1 heterocycles. The molecule has 1 aromatic rings. The molecule has 0 aliphatic carbocycles. The highest BCUT2D eigenvalue weighted by molar-refractivity contribution is 5.82. The molecule has 5 nitrogen and oxygen atoms in total. The second-order valence-electron chi connectivity index (χ2n) is 6.21. The molecule has 3 unspecified atom stereocenters. The molecule has 1 aliphatic rings. The van der Waals surface area contributed by atoms with Gasteiger partial charge in [-0.3, -0.25) is 9.69 Å². The first kappa shape index (κ1) is 17.8. The van der Waals surface area contributed by atoms with Crippen molar-refractivity contribution in [1.82, 2.24) is 10.2 Å². The maximum atomic E-state index is 12.5. The zero-order chi connectivity index (χ0) is 16.8. The largest absolute Gasteiger partial charge is 0.497 e. The van der Waals surface area contributed by atoms with Crippen LogP contribution in [0, 0.1) is 0 Å². The summed E-state index contributed by atoms with van der Waals surface area (Å²) in [6.45, 7) is 5.91. The Morgan fingerprint density at radius 1 is 1.43 bits per heavy atom. The van der Waals surface area contributed by atoms with E-state index in [2.05, 4.69) is 17.1 Å². The van der Waals surface area contributed by atoms with Crippen molar-refractivity contribution in [2.45, 2.75) is 51.3 Å². The van der Waals surface area contributed by atoms with Crippen molar-refractivity contribution in [1.29, 1.82) is 0 Å².